The van der Waals surface area contributed by atoms with Crippen LogP contribution in [0.1, 0.15) is 13.8 Å². The zero-order valence-corrected chi connectivity index (χ0v) is 12.1. The minimum atomic E-state index is -4.60. The van der Waals surface area contributed by atoms with E-state index in [-0.39, 0.29) is 18.7 Å². The number of carboxylic acids is 1. The average Bonchev–Trinajstić information content (AvgIpc) is 2.33. The lowest BCUT2D eigenvalue weighted by atomic mass is 10.2. The Kier molecular flexibility index (Phi) is 5.35. The van der Waals surface area contributed by atoms with Crippen LogP contribution in [0, 0.1) is 23.4 Å². The molecule has 0 spiro atoms. The average molecular weight is 325 g/mol. The molecule has 21 heavy (non-hydrogen) atoms. The molecule has 0 aliphatic rings. The molecule has 1 atom stereocenters. The summed E-state index contributed by atoms with van der Waals surface area (Å²) in [7, 11) is -4.60. The maximum Gasteiger partial charge on any atom is 0.307 e. The first-order valence-corrected chi connectivity index (χ1v) is 7.42. The minimum absolute atomic E-state index is 0.184. The van der Waals surface area contributed by atoms with Gasteiger partial charge in [0.1, 0.15) is 17.5 Å². The summed E-state index contributed by atoms with van der Waals surface area (Å²) in [6.07, 6.45) is 0. The molecule has 0 radical (unpaired) electrons. The fourth-order valence-electron chi connectivity index (χ4n) is 1.69. The molecular formula is C12H14F3NO4S. The van der Waals surface area contributed by atoms with Crippen LogP contribution >= 0.6 is 0 Å². The van der Waals surface area contributed by atoms with Crippen LogP contribution in [0.25, 0.3) is 0 Å². The second-order valence-corrected chi connectivity index (χ2v) is 6.27. The number of rotatable bonds is 6. The van der Waals surface area contributed by atoms with Gasteiger partial charge in [-0.25, -0.2) is 21.6 Å². The molecule has 0 aliphatic heterocycles. The molecule has 0 heterocycles. The van der Waals surface area contributed by atoms with Gasteiger partial charge in [-0.3, -0.25) is 4.79 Å². The predicted molar refractivity (Wildman–Crippen MR) is 67.5 cm³/mol. The smallest absolute Gasteiger partial charge is 0.307 e. The van der Waals surface area contributed by atoms with Crippen LogP contribution in [0.15, 0.2) is 17.0 Å². The standard InChI is InChI=1S/C12H14F3NO4S/c1-3-16(6-7(2)12(17)18)21(19,20)11-9(14)4-8(13)5-10(11)15/h4-5,7H,3,6H2,1-2H3,(H,17,18). The van der Waals surface area contributed by atoms with Gasteiger partial charge in [0.2, 0.25) is 10.0 Å². The van der Waals surface area contributed by atoms with Gasteiger partial charge in [0.15, 0.2) is 4.90 Å². The first kappa shape index (κ1) is 17.4. The van der Waals surface area contributed by atoms with Crippen molar-refractivity contribution < 1.29 is 31.5 Å². The van der Waals surface area contributed by atoms with Gasteiger partial charge < -0.3 is 5.11 Å². The Morgan fingerprint density at radius 1 is 1.29 bits per heavy atom. The van der Waals surface area contributed by atoms with Gasteiger partial charge >= 0.3 is 5.97 Å². The van der Waals surface area contributed by atoms with Crippen molar-refractivity contribution in [2.24, 2.45) is 5.92 Å². The van der Waals surface area contributed by atoms with Crippen molar-refractivity contribution in [3.8, 4) is 0 Å². The Morgan fingerprint density at radius 2 is 1.76 bits per heavy atom. The molecule has 0 bridgehead atoms. The Morgan fingerprint density at radius 3 is 2.14 bits per heavy atom. The van der Waals surface area contributed by atoms with E-state index in [2.05, 4.69) is 0 Å². The highest BCUT2D eigenvalue weighted by atomic mass is 32.2. The fourth-order valence-corrected chi connectivity index (χ4v) is 3.31. The van der Waals surface area contributed by atoms with E-state index < -0.39 is 50.8 Å². The Bertz CT molecular complexity index is 625. The summed E-state index contributed by atoms with van der Waals surface area (Å²) in [5.74, 6) is -6.68. The third-order valence-corrected chi connectivity index (χ3v) is 4.81. The topological polar surface area (TPSA) is 74.7 Å². The van der Waals surface area contributed by atoms with Crippen molar-refractivity contribution in [2.75, 3.05) is 13.1 Å². The lowest BCUT2D eigenvalue weighted by molar-refractivity contribution is -0.141. The Balaban J connectivity index is 3.29. The number of carboxylic acid groups (broad SMARTS) is 1. The van der Waals surface area contributed by atoms with E-state index >= 15 is 0 Å². The molecule has 9 heteroatoms. The first-order valence-electron chi connectivity index (χ1n) is 5.98. The van der Waals surface area contributed by atoms with Gasteiger partial charge in [-0.2, -0.15) is 4.31 Å². The van der Waals surface area contributed by atoms with Crippen molar-refractivity contribution in [2.45, 2.75) is 18.7 Å². The third-order valence-electron chi connectivity index (χ3n) is 2.81. The van der Waals surface area contributed by atoms with Gasteiger partial charge in [-0.05, 0) is 0 Å². The molecule has 1 unspecified atom stereocenters. The molecule has 0 aromatic heterocycles. The predicted octanol–water partition coefficient (Wildman–Crippen LogP) is 1.84. The van der Waals surface area contributed by atoms with Crippen molar-refractivity contribution in [1.82, 2.24) is 4.31 Å². The summed E-state index contributed by atoms with van der Waals surface area (Å²) < 4.78 is 65.1. The SMILES string of the molecule is CCN(CC(C)C(=O)O)S(=O)(=O)c1c(F)cc(F)cc1F. The summed E-state index contributed by atoms with van der Waals surface area (Å²) in [4.78, 5) is 9.48. The molecule has 1 aromatic rings. The van der Waals surface area contributed by atoms with E-state index in [1.807, 2.05) is 0 Å². The number of hydrogen-bond donors (Lipinski definition) is 1. The third kappa shape index (κ3) is 3.73. The number of sulfonamides is 1. The van der Waals surface area contributed by atoms with Gasteiger partial charge in [0.25, 0.3) is 0 Å². The van der Waals surface area contributed by atoms with E-state index in [1.54, 1.807) is 0 Å². The van der Waals surface area contributed by atoms with E-state index in [1.165, 1.54) is 13.8 Å². The summed E-state index contributed by atoms with van der Waals surface area (Å²) in [5, 5.41) is 8.79. The zero-order valence-electron chi connectivity index (χ0n) is 11.3. The quantitative estimate of drug-likeness (QED) is 0.866. The van der Waals surface area contributed by atoms with Crippen molar-refractivity contribution in [1.29, 1.82) is 0 Å². The van der Waals surface area contributed by atoms with Crippen molar-refractivity contribution >= 4 is 16.0 Å². The molecule has 0 saturated heterocycles. The molecule has 1 rings (SSSR count). The van der Waals surface area contributed by atoms with Gasteiger partial charge in [-0.15, -0.1) is 0 Å². The minimum Gasteiger partial charge on any atom is -0.481 e. The van der Waals surface area contributed by atoms with Crippen LogP contribution in [-0.4, -0.2) is 36.9 Å². The molecule has 118 valence electrons. The maximum atomic E-state index is 13.6. The summed E-state index contributed by atoms with van der Waals surface area (Å²) in [6, 6.07) is 0.509. The highest BCUT2D eigenvalue weighted by Gasteiger charge is 2.32. The highest BCUT2D eigenvalue weighted by molar-refractivity contribution is 7.89. The molecule has 0 amide bonds. The fraction of sp³-hybridized carbons (Fsp3) is 0.417. The molecule has 1 aromatic carbocycles. The van der Waals surface area contributed by atoms with Crippen LogP contribution in [0.5, 0.6) is 0 Å². The molecule has 0 aliphatic carbocycles. The Hall–Kier alpha value is -1.61. The van der Waals surface area contributed by atoms with Gasteiger partial charge in [0, 0.05) is 25.2 Å². The lowest BCUT2D eigenvalue weighted by Gasteiger charge is -2.22. The number of nitrogens with zero attached hydrogens (tertiary/aromatic N) is 1. The monoisotopic (exact) mass is 325 g/mol. The van der Waals surface area contributed by atoms with E-state index in [4.69, 9.17) is 5.11 Å². The van der Waals surface area contributed by atoms with E-state index in [0.717, 1.165) is 0 Å². The summed E-state index contributed by atoms with van der Waals surface area (Å²) >= 11 is 0. The van der Waals surface area contributed by atoms with Crippen LogP contribution in [-0.2, 0) is 14.8 Å². The van der Waals surface area contributed by atoms with Crippen molar-refractivity contribution in [3.05, 3.63) is 29.6 Å². The van der Waals surface area contributed by atoms with E-state index in [9.17, 15) is 26.4 Å². The molecule has 1 N–H and O–H groups in total. The zero-order chi connectivity index (χ0) is 16.4. The number of hydrogen-bond acceptors (Lipinski definition) is 3. The van der Waals surface area contributed by atoms with Crippen molar-refractivity contribution in [3.63, 3.8) is 0 Å². The van der Waals surface area contributed by atoms with E-state index in [0.29, 0.717) is 4.31 Å². The first-order chi connectivity index (χ1) is 9.61. The highest BCUT2D eigenvalue weighted by Crippen LogP contribution is 2.24. The van der Waals surface area contributed by atoms with Crippen LogP contribution in [0.2, 0.25) is 0 Å². The number of benzene rings is 1. The molecular weight excluding hydrogens is 311 g/mol. The van der Waals surface area contributed by atoms with Crippen LogP contribution in [0.3, 0.4) is 0 Å². The lowest BCUT2D eigenvalue weighted by Crippen LogP contribution is -2.37. The summed E-state index contributed by atoms with van der Waals surface area (Å²) in [6.45, 7) is 2.02. The largest absolute Gasteiger partial charge is 0.481 e. The maximum absolute atomic E-state index is 13.6. The number of aliphatic carboxylic acids is 1. The Labute approximate surface area is 120 Å². The van der Waals surface area contributed by atoms with Crippen LogP contribution < -0.4 is 0 Å². The van der Waals surface area contributed by atoms with Gasteiger partial charge in [0.05, 0.1) is 5.92 Å². The summed E-state index contributed by atoms with van der Waals surface area (Å²) in [5.41, 5.74) is 0. The van der Waals surface area contributed by atoms with Gasteiger partial charge in [-0.1, -0.05) is 13.8 Å². The normalized spacial score (nSPS) is 13.4. The number of carbonyl (C=O) groups is 1. The molecule has 0 fully saturated rings. The second kappa shape index (κ2) is 6.44. The second-order valence-electron chi connectivity index (χ2n) is 4.39. The number of halogens is 3. The molecule has 5 nitrogen and oxygen atoms in total. The molecule has 0 saturated carbocycles. The van der Waals surface area contributed by atoms with Crippen LogP contribution in [0.4, 0.5) is 13.2 Å².